The number of rotatable bonds is 3. The molecule has 0 radical (unpaired) electrons. The second kappa shape index (κ2) is 5.30. The third kappa shape index (κ3) is 2.47. The van der Waals surface area contributed by atoms with Crippen molar-refractivity contribution in [3.63, 3.8) is 0 Å². The van der Waals surface area contributed by atoms with E-state index in [-0.39, 0.29) is 0 Å². The largest absolute Gasteiger partial charge is 0.495 e. The first-order valence-electron chi connectivity index (χ1n) is 5.35. The highest BCUT2D eigenvalue weighted by Crippen LogP contribution is 2.37. The first-order chi connectivity index (χ1) is 7.72. The van der Waals surface area contributed by atoms with Gasteiger partial charge in [-0.3, -0.25) is 0 Å². The standard InChI is InChI=1S/C12H15ClO2S/c1-15-10-7-8(4-5-9(10)13)12(14)11-3-2-6-16-11/h4-5,7,11-12,14H,2-3,6H2,1H3. The average Bonchev–Trinajstić information content (AvgIpc) is 2.82. The van der Waals surface area contributed by atoms with Crippen LogP contribution in [0.3, 0.4) is 0 Å². The molecule has 1 aromatic carbocycles. The number of thioether (sulfide) groups is 1. The van der Waals surface area contributed by atoms with Crippen molar-refractivity contribution in [1.82, 2.24) is 0 Å². The molecular formula is C12H15ClO2S. The molecular weight excluding hydrogens is 244 g/mol. The Morgan fingerprint density at radius 3 is 3.00 bits per heavy atom. The highest BCUT2D eigenvalue weighted by Gasteiger charge is 2.25. The van der Waals surface area contributed by atoms with Crippen LogP contribution in [0.1, 0.15) is 24.5 Å². The zero-order valence-corrected chi connectivity index (χ0v) is 10.7. The van der Waals surface area contributed by atoms with Gasteiger partial charge in [-0.25, -0.2) is 0 Å². The predicted molar refractivity (Wildman–Crippen MR) is 68.4 cm³/mol. The molecule has 0 saturated carbocycles. The van der Waals surface area contributed by atoms with Crippen molar-refractivity contribution >= 4 is 23.4 Å². The van der Waals surface area contributed by atoms with Crippen LogP contribution in [-0.4, -0.2) is 23.2 Å². The summed E-state index contributed by atoms with van der Waals surface area (Å²) in [4.78, 5) is 0. The number of aliphatic hydroxyl groups is 1. The Morgan fingerprint density at radius 2 is 2.38 bits per heavy atom. The summed E-state index contributed by atoms with van der Waals surface area (Å²) in [6, 6.07) is 5.47. The van der Waals surface area contributed by atoms with E-state index < -0.39 is 6.10 Å². The maximum atomic E-state index is 10.2. The minimum absolute atomic E-state index is 0.311. The molecule has 2 unspecified atom stereocenters. The molecule has 16 heavy (non-hydrogen) atoms. The predicted octanol–water partition coefficient (Wildman–Crippen LogP) is 3.28. The Hall–Kier alpha value is -0.380. The van der Waals surface area contributed by atoms with E-state index in [1.165, 1.54) is 6.42 Å². The zero-order valence-electron chi connectivity index (χ0n) is 9.15. The van der Waals surface area contributed by atoms with Gasteiger partial charge in [0, 0.05) is 5.25 Å². The van der Waals surface area contributed by atoms with Gasteiger partial charge < -0.3 is 9.84 Å². The highest BCUT2D eigenvalue weighted by molar-refractivity contribution is 8.00. The second-order valence-corrected chi connectivity index (χ2v) is 5.64. The number of hydrogen-bond donors (Lipinski definition) is 1. The molecule has 1 N–H and O–H groups in total. The zero-order chi connectivity index (χ0) is 11.5. The fourth-order valence-electron chi connectivity index (χ4n) is 1.93. The molecule has 0 aliphatic carbocycles. The van der Waals surface area contributed by atoms with Crippen LogP contribution in [-0.2, 0) is 0 Å². The normalized spacial score (nSPS) is 22.1. The van der Waals surface area contributed by atoms with Gasteiger partial charge in [-0.2, -0.15) is 11.8 Å². The first kappa shape index (κ1) is 12.1. The van der Waals surface area contributed by atoms with Crippen molar-refractivity contribution in [2.45, 2.75) is 24.2 Å². The van der Waals surface area contributed by atoms with Crippen LogP contribution in [0, 0.1) is 0 Å². The van der Waals surface area contributed by atoms with Gasteiger partial charge in [0.2, 0.25) is 0 Å². The van der Waals surface area contributed by atoms with Gasteiger partial charge in [0.15, 0.2) is 0 Å². The summed E-state index contributed by atoms with van der Waals surface area (Å²) >= 11 is 7.79. The quantitative estimate of drug-likeness (QED) is 0.902. The van der Waals surface area contributed by atoms with Gasteiger partial charge in [0.05, 0.1) is 18.2 Å². The molecule has 1 aliphatic heterocycles. The fraction of sp³-hybridized carbons (Fsp3) is 0.500. The van der Waals surface area contributed by atoms with Crippen LogP contribution >= 0.6 is 23.4 Å². The van der Waals surface area contributed by atoms with Gasteiger partial charge in [0.1, 0.15) is 5.75 Å². The smallest absolute Gasteiger partial charge is 0.137 e. The van der Waals surface area contributed by atoms with E-state index >= 15 is 0 Å². The SMILES string of the molecule is COc1cc(C(O)C2CCCS2)ccc1Cl. The topological polar surface area (TPSA) is 29.5 Å². The minimum atomic E-state index is -0.418. The summed E-state index contributed by atoms with van der Waals surface area (Å²) in [5.41, 5.74) is 0.889. The molecule has 1 saturated heterocycles. The number of aliphatic hydroxyl groups excluding tert-OH is 1. The van der Waals surface area contributed by atoms with Gasteiger partial charge in [-0.05, 0) is 36.3 Å². The maximum Gasteiger partial charge on any atom is 0.137 e. The molecule has 2 rings (SSSR count). The van der Waals surface area contributed by atoms with E-state index in [0.717, 1.165) is 17.7 Å². The van der Waals surface area contributed by atoms with Crippen LogP contribution in [0.2, 0.25) is 5.02 Å². The Balaban J connectivity index is 2.19. The van der Waals surface area contributed by atoms with E-state index in [9.17, 15) is 5.11 Å². The van der Waals surface area contributed by atoms with Crippen LogP contribution < -0.4 is 4.74 Å². The molecule has 0 amide bonds. The highest BCUT2D eigenvalue weighted by atomic mass is 35.5. The molecule has 2 atom stereocenters. The molecule has 2 nitrogen and oxygen atoms in total. The molecule has 1 aliphatic rings. The summed E-state index contributed by atoms with van der Waals surface area (Å²) in [7, 11) is 1.59. The lowest BCUT2D eigenvalue weighted by Crippen LogP contribution is -2.11. The molecule has 0 aromatic heterocycles. The maximum absolute atomic E-state index is 10.2. The Morgan fingerprint density at radius 1 is 1.56 bits per heavy atom. The Bertz CT molecular complexity index is 364. The Kier molecular flexibility index (Phi) is 4.00. The number of benzene rings is 1. The van der Waals surface area contributed by atoms with Crippen molar-refractivity contribution < 1.29 is 9.84 Å². The molecule has 4 heteroatoms. The lowest BCUT2D eigenvalue weighted by atomic mass is 10.0. The minimum Gasteiger partial charge on any atom is -0.495 e. The van der Waals surface area contributed by atoms with Crippen molar-refractivity contribution in [3.05, 3.63) is 28.8 Å². The van der Waals surface area contributed by atoms with Gasteiger partial charge >= 0.3 is 0 Å². The molecule has 1 aromatic rings. The lowest BCUT2D eigenvalue weighted by molar-refractivity contribution is 0.173. The molecule has 1 fully saturated rings. The average molecular weight is 259 g/mol. The van der Waals surface area contributed by atoms with Crippen molar-refractivity contribution in [2.75, 3.05) is 12.9 Å². The number of methoxy groups -OCH3 is 1. The number of ether oxygens (including phenoxy) is 1. The van der Waals surface area contributed by atoms with E-state index in [0.29, 0.717) is 16.0 Å². The molecule has 0 spiro atoms. The van der Waals surface area contributed by atoms with Crippen LogP contribution in [0.5, 0.6) is 5.75 Å². The van der Waals surface area contributed by atoms with Crippen molar-refractivity contribution in [2.24, 2.45) is 0 Å². The Labute approximate surface area is 105 Å². The van der Waals surface area contributed by atoms with Gasteiger partial charge in [-0.15, -0.1) is 0 Å². The summed E-state index contributed by atoms with van der Waals surface area (Å²) < 4.78 is 5.15. The number of halogens is 1. The van der Waals surface area contributed by atoms with E-state index in [4.69, 9.17) is 16.3 Å². The van der Waals surface area contributed by atoms with Gasteiger partial charge in [0.25, 0.3) is 0 Å². The third-order valence-corrected chi connectivity index (χ3v) is 4.59. The van der Waals surface area contributed by atoms with Crippen LogP contribution in [0.25, 0.3) is 0 Å². The van der Waals surface area contributed by atoms with Gasteiger partial charge in [-0.1, -0.05) is 17.7 Å². The van der Waals surface area contributed by atoms with Crippen LogP contribution in [0.15, 0.2) is 18.2 Å². The summed E-state index contributed by atoms with van der Waals surface area (Å²) in [6.07, 6.45) is 1.85. The van der Waals surface area contributed by atoms with E-state index in [1.54, 1.807) is 13.2 Å². The van der Waals surface area contributed by atoms with E-state index in [2.05, 4.69) is 0 Å². The lowest BCUT2D eigenvalue weighted by Gasteiger charge is -2.18. The van der Waals surface area contributed by atoms with Crippen molar-refractivity contribution in [1.29, 1.82) is 0 Å². The summed E-state index contributed by atoms with van der Waals surface area (Å²) in [5.74, 6) is 1.77. The van der Waals surface area contributed by atoms with Crippen LogP contribution in [0.4, 0.5) is 0 Å². The molecule has 1 heterocycles. The number of hydrogen-bond acceptors (Lipinski definition) is 3. The molecule has 0 bridgehead atoms. The summed E-state index contributed by atoms with van der Waals surface area (Å²) in [6.45, 7) is 0. The second-order valence-electron chi connectivity index (χ2n) is 3.89. The summed E-state index contributed by atoms with van der Waals surface area (Å²) in [5, 5.41) is 11.1. The van der Waals surface area contributed by atoms with Crippen molar-refractivity contribution in [3.8, 4) is 5.75 Å². The monoisotopic (exact) mass is 258 g/mol. The van der Waals surface area contributed by atoms with E-state index in [1.807, 2.05) is 23.9 Å². The third-order valence-electron chi connectivity index (χ3n) is 2.83. The first-order valence-corrected chi connectivity index (χ1v) is 6.78. The molecule has 88 valence electrons. The fourth-order valence-corrected chi connectivity index (χ4v) is 3.43.